The number of carbonyl (C=O) groups excluding carboxylic acids is 2. The average molecular weight is 332 g/mol. The molecular formula is C20H28O4. The molecule has 1 aromatic carbocycles. The van der Waals surface area contributed by atoms with Crippen LogP contribution in [-0.4, -0.2) is 24.1 Å². The van der Waals surface area contributed by atoms with Crippen molar-refractivity contribution in [3.8, 4) is 0 Å². The maximum Gasteiger partial charge on any atom is 0.338 e. The Kier molecular flexibility index (Phi) is 7.69. The highest BCUT2D eigenvalue weighted by atomic mass is 16.6. The van der Waals surface area contributed by atoms with Gasteiger partial charge in [-0.05, 0) is 57.2 Å². The number of benzene rings is 1. The lowest BCUT2D eigenvalue weighted by molar-refractivity contribution is -0.142. The fraction of sp³-hybridized carbons (Fsp3) is 0.500. The summed E-state index contributed by atoms with van der Waals surface area (Å²) < 4.78 is 10.3. The summed E-state index contributed by atoms with van der Waals surface area (Å²) in [5, 5.41) is 0. The highest BCUT2D eigenvalue weighted by Crippen LogP contribution is 2.17. The van der Waals surface area contributed by atoms with Crippen LogP contribution in [0.15, 0.2) is 36.9 Å². The lowest BCUT2D eigenvalue weighted by Gasteiger charge is -2.19. The summed E-state index contributed by atoms with van der Waals surface area (Å²) in [6.45, 7) is 11.4. The second-order valence-corrected chi connectivity index (χ2v) is 7.02. The molecule has 0 aliphatic carbocycles. The number of hydrogen-bond acceptors (Lipinski definition) is 4. The predicted octanol–water partition coefficient (Wildman–Crippen LogP) is 4.33. The van der Waals surface area contributed by atoms with Crippen molar-refractivity contribution in [1.29, 1.82) is 0 Å². The zero-order valence-corrected chi connectivity index (χ0v) is 15.1. The van der Waals surface area contributed by atoms with Crippen LogP contribution < -0.4 is 0 Å². The van der Waals surface area contributed by atoms with Gasteiger partial charge in [-0.3, -0.25) is 4.79 Å². The molecular weight excluding hydrogens is 304 g/mol. The Morgan fingerprint density at radius 1 is 1.21 bits per heavy atom. The van der Waals surface area contributed by atoms with Gasteiger partial charge in [-0.2, -0.15) is 0 Å². The van der Waals surface area contributed by atoms with Crippen LogP contribution in [0.1, 0.15) is 56.5 Å². The first-order valence-corrected chi connectivity index (χ1v) is 8.30. The first-order chi connectivity index (χ1) is 11.2. The van der Waals surface area contributed by atoms with Crippen LogP contribution in [0.5, 0.6) is 0 Å². The van der Waals surface area contributed by atoms with Crippen molar-refractivity contribution in [2.45, 2.75) is 52.6 Å². The second kappa shape index (κ2) is 9.26. The van der Waals surface area contributed by atoms with Crippen LogP contribution in [0.2, 0.25) is 0 Å². The second-order valence-electron chi connectivity index (χ2n) is 7.02. The fourth-order valence-corrected chi connectivity index (χ4v) is 2.21. The molecule has 1 rings (SSSR count). The Balaban J connectivity index is 2.47. The van der Waals surface area contributed by atoms with Crippen LogP contribution in [0, 0.1) is 5.92 Å². The van der Waals surface area contributed by atoms with E-state index in [0.29, 0.717) is 17.9 Å². The van der Waals surface area contributed by atoms with Crippen molar-refractivity contribution in [3.05, 3.63) is 48.0 Å². The van der Waals surface area contributed by atoms with Crippen molar-refractivity contribution in [3.63, 3.8) is 0 Å². The highest BCUT2D eigenvalue weighted by Gasteiger charge is 2.17. The Morgan fingerprint density at radius 2 is 1.83 bits per heavy atom. The predicted molar refractivity (Wildman–Crippen MR) is 94.9 cm³/mol. The Bertz CT molecular complexity index is 552. The van der Waals surface area contributed by atoms with E-state index in [4.69, 9.17) is 9.47 Å². The Morgan fingerprint density at radius 3 is 2.38 bits per heavy atom. The van der Waals surface area contributed by atoms with E-state index < -0.39 is 5.60 Å². The van der Waals surface area contributed by atoms with Crippen molar-refractivity contribution in [2.75, 3.05) is 6.61 Å². The minimum Gasteiger partial charge on any atom is -0.461 e. The minimum atomic E-state index is -0.496. The van der Waals surface area contributed by atoms with Crippen molar-refractivity contribution < 1.29 is 19.1 Å². The Hall–Kier alpha value is -2.10. The van der Waals surface area contributed by atoms with Gasteiger partial charge in [0.05, 0.1) is 5.56 Å². The topological polar surface area (TPSA) is 52.6 Å². The van der Waals surface area contributed by atoms with Gasteiger partial charge in [0.2, 0.25) is 0 Å². The molecule has 0 aliphatic rings. The van der Waals surface area contributed by atoms with Gasteiger partial charge < -0.3 is 9.47 Å². The van der Waals surface area contributed by atoms with Crippen LogP contribution >= 0.6 is 0 Å². The van der Waals surface area contributed by atoms with E-state index in [1.807, 2.05) is 32.9 Å². The van der Waals surface area contributed by atoms with Gasteiger partial charge in [-0.1, -0.05) is 31.7 Å². The highest BCUT2D eigenvalue weighted by molar-refractivity contribution is 5.89. The fourth-order valence-electron chi connectivity index (χ4n) is 2.21. The maximum atomic E-state index is 12.0. The van der Waals surface area contributed by atoms with Crippen LogP contribution in [-0.2, 0) is 20.7 Å². The SMILES string of the molecule is C=CCOC(=O)CCC(C)Cc1ccc(C(=O)OC(C)(C)C)cc1. The van der Waals surface area contributed by atoms with E-state index in [0.717, 1.165) is 18.4 Å². The van der Waals surface area contributed by atoms with Crippen molar-refractivity contribution in [2.24, 2.45) is 5.92 Å². The molecule has 0 amide bonds. The lowest BCUT2D eigenvalue weighted by Crippen LogP contribution is -2.23. The number of rotatable bonds is 8. The molecule has 0 bridgehead atoms. The van der Waals surface area contributed by atoms with Crippen molar-refractivity contribution >= 4 is 11.9 Å². The zero-order chi connectivity index (χ0) is 18.2. The standard InChI is InChI=1S/C20H28O4/c1-6-13-23-18(21)12-7-15(2)14-16-8-10-17(11-9-16)19(22)24-20(3,4)5/h6,8-11,15H,1,7,12-14H2,2-5H3. The molecule has 1 aromatic rings. The van der Waals surface area contributed by atoms with Gasteiger partial charge in [0.25, 0.3) is 0 Å². The molecule has 0 saturated carbocycles. The summed E-state index contributed by atoms with van der Waals surface area (Å²) in [5.41, 5.74) is 1.19. The van der Waals surface area contributed by atoms with E-state index in [2.05, 4.69) is 13.5 Å². The van der Waals surface area contributed by atoms with E-state index >= 15 is 0 Å². The largest absolute Gasteiger partial charge is 0.461 e. The van der Waals surface area contributed by atoms with Gasteiger partial charge in [0.1, 0.15) is 12.2 Å². The monoisotopic (exact) mass is 332 g/mol. The van der Waals surface area contributed by atoms with E-state index in [-0.39, 0.29) is 18.5 Å². The molecule has 0 heterocycles. The first kappa shape index (κ1) is 19.9. The molecule has 24 heavy (non-hydrogen) atoms. The summed E-state index contributed by atoms with van der Waals surface area (Å²) >= 11 is 0. The summed E-state index contributed by atoms with van der Waals surface area (Å²) in [6.07, 6.45) is 3.59. The third-order valence-electron chi connectivity index (χ3n) is 3.38. The van der Waals surface area contributed by atoms with Crippen LogP contribution in [0.4, 0.5) is 0 Å². The molecule has 0 saturated heterocycles. The third kappa shape index (κ3) is 7.95. The maximum absolute atomic E-state index is 12.0. The van der Waals surface area contributed by atoms with Gasteiger partial charge in [0.15, 0.2) is 0 Å². The molecule has 1 unspecified atom stereocenters. The third-order valence-corrected chi connectivity index (χ3v) is 3.38. The summed E-state index contributed by atoms with van der Waals surface area (Å²) in [7, 11) is 0. The van der Waals surface area contributed by atoms with Gasteiger partial charge in [-0.15, -0.1) is 0 Å². The summed E-state index contributed by atoms with van der Waals surface area (Å²) in [6, 6.07) is 7.44. The van der Waals surface area contributed by atoms with E-state index in [9.17, 15) is 9.59 Å². The molecule has 1 atom stereocenters. The normalized spacial score (nSPS) is 12.3. The zero-order valence-electron chi connectivity index (χ0n) is 15.1. The van der Waals surface area contributed by atoms with E-state index in [1.54, 1.807) is 18.2 Å². The van der Waals surface area contributed by atoms with Crippen molar-refractivity contribution in [1.82, 2.24) is 0 Å². The van der Waals surface area contributed by atoms with E-state index in [1.165, 1.54) is 0 Å². The van der Waals surface area contributed by atoms with Gasteiger partial charge >= 0.3 is 11.9 Å². The summed E-state index contributed by atoms with van der Waals surface area (Å²) in [4.78, 5) is 23.4. The molecule has 132 valence electrons. The van der Waals surface area contributed by atoms with Gasteiger partial charge in [0, 0.05) is 6.42 Å². The number of ether oxygens (including phenoxy) is 2. The lowest BCUT2D eigenvalue weighted by atomic mass is 9.96. The van der Waals surface area contributed by atoms with Crippen LogP contribution in [0.25, 0.3) is 0 Å². The molecule has 0 aliphatic heterocycles. The number of hydrogen-bond donors (Lipinski definition) is 0. The molecule has 0 fully saturated rings. The number of carbonyl (C=O) groups is 2. The molecule has 4 nitrogen and oxygen atoms in total. The summed E-state index contributed by atoms with van der Waals surface area (Å²) in [5.74, 6) is -0.150. The molecule has 0 spiro atoms. The first-order valence-electron chi connectivity index (χ1n) is 8.30. The Labute approximate surface area is 144 Å². The molecule has 0 N–H and O–H groups in total. The minimum absolute atomic E-state index is 0.193. The quantitative estimate of drug-likeness (QED) is 0.525. The van der Waals surface area contributed by atoms with Gasteiger partial charge in [-0.25, -0.2) is 4.79 Å². The average Bonchev–Trinajstić information content (AvgIpc) is 2.50. The van der Waals surface area contributed by atoms with Crippen LogP contribution in [0.3, 0.4) is 0 Å². The smallest absolute Gasteiger partial charge is 0.338 e. The molecule has 4 heteroatoms. The number of esters is 2. The molecule has 0 radical (unpaired) electrons. The molecule has 0 aromatic heterocycles.